The van der Waals surface area contributed by atoms with Crippen LogP contribution in [0.5, 0.6) is 0 Å². The van der Waals surface area contributed by atoms with Gasteiger partial charge < -0.3 is 10.6 Å². The van der Waals surface area contributed by atoms with E-state index in [1.54, 1.807) is 7.05 Å². The molecule has 0 spiro atoms. The van der Waals surface area contributed by atoms with E-state index >= 15 is 0 Å². The van der Waals surface area contributed by atoms with Crippen molar-refractivity contribution in [2.45, 2.75) is 25.8 Å². The maximum Gasteiger partial charge on any atom is 0.329 e. The molecule has 0 unspecified atom stereocenters. The van der Waals surface area contributed by atoms with Crippen molar-refractivity contribution in [3.05, 3.63) is 16.3 Å². The van der Waals surface area contributed by atoms with Gasteiger partial charge in [0, 0.05) is 26.2 Å². The Morgan fingerprint density at radius 1 is 1.55 bits per heavy atom. The summed E-state index contributed by atoms with van der Waals surface area (Å²) in [6.45, 7) is 4.62. The molecule has 1 aromatic heterocycles. The summed E-state index contributed by atoms with van der Waals surface area (Å²) in [6, 6.07) is 0.690. The van der Waals surface area contributed by atoms with Crippen molar-refractivity contribution in [3.63, 3.8) is 0 Å². The lowest BCUT2D eigenvalue weighted by molar-refractivity contribution is -0.384. The molecule has 0 aliphatic heterocycles. The van der Waals surface area contributed by atoms with Crippen LogP contribution in [0.25, 0.3) is 0 Å². The molecule has 2 N–H and O–H groups in total. The number of likely N-dealkylation sites (N-methyl/N-ethyl adjacent to an activating group) is 1. The van der Waals surface area contributed by atoms with Gasteiger partial charge in [-0.3, -0.25) is 15.0 Å². The molecular weight excluding hydrogens is 260 g/mol. The highest BCUT2D eigenvalue weighted by molar-refractivity contribution is 5.56. The second-order valence-corrected chi connectivity index (χ2v) is 4.72. The topological polar surface area (TPSA) is 96.2 Å². The van der Waals surface area contributed by atoms with Gasteiger partial charge in [0.2, 0.25) is 11.8 Å². The minimum atomic E-state index is -0.472. The van der Waals surface area contributed by atoms with E-state index in [9.17, 15) is 10.1 Å². The van der Waals surface area contributed by atoms with Gasteiger partial charge in [-0.1, -0.05) is 6.92 Å². The number of nitro groups is 1. The summed E-state index contributed by atoms with van der Waals surface area (Å²) < 4.78 is 0. The Morgan fingerprint density at radius 2 is 2.30 bits per heavy atom. The van der Waals surface area contributed by atoms with Gasteiger partial charge in [-0.05, 0) is 19.4 Å². The molecule has 1 aliphatic carbocycles. The van der Waals surface area contributed by atoms with Gasteiger partial charge >= 0.3 is 5.69 Å². The first kappa shape index (κ1) is 14.4. The van der Waals surface area contributed by atoms with Gasteiger partial charge in [0.05, 0.1) is 4.92 Å². The van der Waals surface area contributed by atoms with E-state index in [0.717, 1.165) is 13.1 Å². The van der Waals surface area contributed by atoms with Crippen molar-refractivity contribution < 1.29 is 4.92 Å². The predicted molar refractivity (Wildman–Crippen MR) is 77.0 cm³/mol. The summed E-state index contributed by atoms with van der Waals surface area (Å²) >= 11 is 0. The summed E-state index contributed by atoms with van der Waals surface area (Å²) in [6.07, 6.45) is 3.73. The number of nitrogens with zero attached hydrogens (tertiary/aromatic N) is 4. The molecule has 20 heavy (non-hydrogen) atoms. The third kappa shape index (κ3) is 3.53. The number of aromatic nitrogens is 2. The predicted octanol–water partition coefficient (Wildman–Crippen LogP) is 1.32. The lowest BCUT2D eigenvalue weighted by atomic mass is 10.4. The fourth-order valence-electron chi connectivity index (χ4n) is 2.12. The van der Waals surface area contributed by atoms with Gasteiger partial charge in [0.25, 0.3) is 0 Å². The van der Waals surface area contributed by atoms with E-state index in [4.69, 9.17) is 0 Å². The second kappa shape index (κ2) is 6.47. The highest BCUT2D eigenvalue weighted by Gasteiger charge is 2.27. The molecule has 0 bridgehead atoms. The zero-order chi connectivity index (χ0) is 14.5. The number of anilines is 2. The molecule has 1 aliphatic rings. The van der Waals surface area contributed by atoms with Crippen LogP contribution in [0, 0.1) is 10.1 Å². The van der Waals surface area contributed by atoms with Crippen molar-refractivity contribution in [1.82, 2.24) is 14.9 Å². The van der Waals surface area contributed by atoms with Gasteiger partial charge in [0.1, 0.15) is 6.20 Å². The minimum Gasteiger partial charge on any atom is -0.363 e. The van der Waals surface area contributed by atoms with Crippen molar-refractivity contribution in [2.24, 2.45) is 0 Å². The van der Waals surface area contributed by atoms with Crippen LogP contribution in [0.2, 0.25) is 0 Å². The van der Waals surface area contributed by atoms with Gasteiger partial charge in [0.15, 0.2) is 0 Å². The molecule has 1 aromatic rings. The van der Waals surface area contributed by atoms with E-state index < -0.39 is 4.92 Å². The summed E-state index contributed by atoms with van der Waals surface area (Å²) in [5.74, 6) is 0.633. The fourth-order valence-corrected chi connectivity index (χ4v) is 2.12. The molecule has 8 nitrogen and oxygen atoms in total. The van der Waals surface area contributed by atoms with E-state index in [-0.39, 0.29) is 11.5 Å². The summed E-state index contributed by atoms with van der Waals surface area (Å²) in [5, 5.41) is 16.8. The van der Waals surface area contributed by atoms with E-state index in [0.29, 0.717) is 18.5 Å². The quantitative estimate of drug-likeness (QED) is 0.547. The van der Waals surface area contributed by atoms with Crippen LogP contribution < -0.4 is 10.6 Å². The van der Waals surface area contributed by atoms with Crippen LogP contribution in [-0.2, 0) is 0 Å². The molecule has 2 rings (SSSR count). The average molecular weight is 280 g/mol. The highest BCUT2D eigenvalue weighted by Crippen LogP contribution is 2.26. The SMILES string of the molecule is CCN(CCNc1nc(NC)ncc1[N+](=O)[O-])C1CC1. The number of rotatable bonds is 8. The Labute approximate surface area is 117 Å². The van der Waals surface area contributed by atoms with Crippen molar-refractivity contribution in [1.29, 1.82) is 0 Å². The summed E-state index contributed by atoms with van der Waals surface area (Å²) in [4.78, 5) is 20.8. The smallest absolute Gasteiger partial charge is 0.329 e. The number of hydrogen-bond donors (Lipinski definition) is 2. The van der Waals surface area contributed by atoms with Gasteiger partial charge in [-0.25, -0.2) is 4.98 Å². The third-order valence-corrected chi connectivity index (χ3v) is 3.35. The summed E-state index contributed by atoms with van der Waals surface area (Å²) in [5.41, 5.74) is -0.0986. The highest BCUT2D eigenvalue weighted by atomic mass is 16.6. The van der Waals surface area contributed by atoms with Crippen molar-refractivity contribution in [3.8, 4) is 0 Å². The van der Waals surface area contributed by atoms with E-state index in [1.807, 2.05) is 0 Å². The van der Waals surface area contributed by atoms with E-state index in [2.05, 4.69) is 32.4 Å². The van der Waals surface area contributed by atoms with Crippen LogP contribution in [0.4, 0.5) is 17.5 Å². The molecule has 1 saturated carbocycles. The van der Waals surface area contributed by atoms with Crippen molar-refractivity contribution in [2.75, 3.05) is 37.3 Å². The Bertz CT molecular complexity index is 477. The maximum absolute atomic E-state index is 10.9. The van der Waals surface area contributed by atoms with Crippen LogP contribution in [0.1, 0.15) is 19.8 Å². The normalized spacial score (nSPS) is 14.3. The number of hydrogen-bond acceptors (Lipinski definition) is 7. The molecule has 0 atom stereocenters. The fraction of sp³-hybridized carbons (Fsp3) is 0.667. The molecule has 8 heteroatoms. The third-order valence-electron chi connectivity index (χ3n) is 3.35. The Hall–Kier alpha value is -1.96. The first-order valence-electron chi connectivity index (χ1n) is 6.82. The molecule has 0 amide bonds. The van der Waals surface area contributed by atoms with Crippen LogP contribution in [0.15, 0.2) is 6.20 Å². The standard InChI is InChI=1S/C12H20N6O2/c1-3-17(9-4-5-9)7-6-14-11-10(18(19)20)8-15-12(13-2)16-11/h8-9H,3-7H2,1-2H3,(H2,13,14,15,16). The molecule has 1 fully saturated rings. The first-order valence-corrected chi connectivity index (χ1v) is 6.82. The Morgan fingerprint density at radius 3 is 2.85 bits per heavy atom. The molecule has 0 saturated heterocycles. The average Bonchev–Trinajstić information content (AvgIpc) is 3.27. The van der Waals surface area contributed by atoms with Crippen LogP contribution in [0.3, 0.4) is 0 Å². The lowest BCUT2D eigenvalue weighted by Gasteiger charge is -2.19. The van der Waals surface area contributed by atoms with Crippen molar-refractivity contribution >= 4 is 17.5 Å². The van der Waals surface area contributed by atoms with E-state index in [1.165, 1.54) is 19.0 Å². The van der Waals surface area contributed by atoms with Gasteiger partial charge in [-0.2, -0.15) is 4.98 Å². The maximum atomic E-state index is 10.9. The molecule has 0 aromatic carbocycles. The molecular formula is C12H20N6O2. The number of nitrogens with one attached hydrogen (secondary N) is 2. The first-order chi connectivity index (χ1) is 9.65. The van der Waals surface area contributed by atoms with Crippen LogP contribution >= 0.6 is 0 Å². The minimum absolute atomic E-state index is 0.0986. The lowest BCUT2D eigenvalue weighted by Crippen LogP contribution is -2.31. The second-order valence-electron chi connectivity index (χ2n) is 4.72. The molecule has 1 heterocycles. The summed E-state index contributed by atoms with van der Waals surface area (Å²) in [7, 11) is 1.68. The Balaban J connectivity index is 1.97. The monoisotopic (exact) mass is 280 g/mol. The Kier molecular flexibility index (Phi) is 4.67. The zero-order valence-corrected chi connectivity index (χ0v) is 11.8. The largest absolute Gasteiger partial charge is 0.363 e. The van der Waals surface area contributed by atoms with Gasteiger partial charge in [-0.15, -0.1) is 0 Å². The van der Waals surface area contributed by atoms with Crippen LogP contribution in [-0.4, -0.2) is 52.5 Å². The molecule has 0 radical (unpaired) electrons. The molecule has 110 valence electrons. The zero-order valence-electron chi connectivity index (χ0n) is 11.8.